The number of carbonyl (C=O) groups excluding carboxylic acids is 1. The lowest BCUT2D eigenvalue weighted by atomic mass is 9.95. The van der Waals surface area contributed by atoms with Gasteiger partial charge in [-0.1, -0.05) is 19.3 Å². The van der Waals surface area contributed by atoms with Crippen molar-refractivity contribution in [2.75, 3.05) is 38.1 Å². The van der Waals surface area contributed by atoms with Crippen molar-refractivity contribution in [2.24, 2.45) is 0 Å². The van der Waals surface area contributed by atoms with Crippen molar-refractivity contribution in [3.8, 4) is 0 Å². The van der Waals surface area contributed by atoms with E-state index in [9.17, 15) is 4.79 Å². The van der Waals surface area contributed by atoms with E-state index >= 15 is 0 Å². The largest absolute Gasteiger partial charge is 0.353 e. The molecule has 1 N–H and O–H groups in total. The van der Waals surface area contributed by atoms with Crippen molar-refractivity contribution in [1.82, 2.24) is 15.2 Å². The summed E-state index contributed by atoms with van der Waals surface area (Å²) in [6.07, 6.45) is 7.75. The third-order valence-electron chi connectivity index (χ3n) is 4.77. The molecule has 3 rings (SSSR count). The van der Waals surface area contributed by atoms with Crippen LogP contribution in [0.25, 0.3) is 0 Å². The number of aromatic nitrogens is 1. The van der Waals surface area contributed by atoms with Crippen LogP contribution in [0.1, 0.15) is 42.5 Å². The highest BCUT2D eigenvalue weighted by Crippen LogP contribution is 2.21. The van der Waals surface area contributed by atoms with E-state index in [-0.39, 0.29) is 5.91 Å². The Balaban J connectivity index is 1.71. The Morgan fingerprint density at radius 1 is 1.18 bits per heavy atom. The van der Waals surface area contributed by atoms with Gasteiger partial charge in [0.25, 0.3) is 5.91 Å². The SMILES string of the molecule is CN1CCN(c2ncccc2C(=O)NC2CCCCC2)CC1. The van der Waals surface area contributed by atoms with Gasteiger partial charge in [-0.2, -0.15) is 0 Å². The van der Waals surface area contributed by atoms with Gasteiger partial charge in [0.2, 0.25) is 0 Å². The zero-order valence-electron chi connectivity index (χ0n) is 13.4. The molecule has 1 aliphatic carbocycles. The number of nitrogens with zero attached hydrogens (tertiary/aromatic N) is 3. The van der Waals surface area contributed by atoms with Gasteiger partial charge >= 0.3 is 0 Å². The van der Waals surface area contributed by atoms with Gasteiger partial charge < -0.3 is 15.1 Å². The van der Waals surface area contributed by atoms with Crippen LogP contribution in [-0.2, 0) is 0 Å². The Bertz CT molecular complexity index is 505. The second kappa shape index (κ2) is 7.09. The fourth-order valence-corrected chi connectivity index (χ4v) is 3.35. The third-order valence-corrected chi connectivity index (χ3v) is 4.77. The van der Waals surface area contributed by atoms with Crippen LogP contribution in [0, 0.1) is 0 Å². The van der Waals surface area contributed by atoms with Crippen LogP contribution in [0.2, 0.25) is 0 Å². The van der Waals surface area contributed by atoms with E-state index in [1.165, 1.54) is 19.3 Å². The maximum absolute atomic E-state index is 12.7. The summed E-state index contributed by atoms with van der Waals surface area (Å²) in [5.74, 6) is 0.873. The number of likely N-dealkylation sites (N-methyl/N-ethyl adjacent to an activating group) is 1. The minimum absolute atomic E-state index is 0.0360. The zero-order valence-corrected chi connectivity index (χ0v) is 13.4. The van der Waals surface area contributed by atoms with Crippen LogP contribution in [0.5, 0.6) is 0 Å². The van der Waals surface area contributed by atoms with E-state index in [2.05, 4.69) is 27.1 Å². The molecule has 1 saturated heterocycles. The Morgan fingerprint density at radius 2 is 1.91 bits per heavy atom. The van der Waals surface area contributed by atoms with Crippen molar-refractivity contribution in [2.45, 2.75) is 38.1 Å². The molecular formula is C17H26N4O. The normalized spacial score (nSPS) is 20.9. The summed E-state index contributed by atoms with van der Waals surface area (Å²) in [6, 6.07) is 4.09. The zero-order chi connectivity index (χ0) is 15.4. The molecule has 2 fully saturated rings. The van der Waals surface area contributed by atoms with Gasteiger partial charge in [-0.15, -0.1) is 0 Å². The van der Waals surface area contributed by atoms with E-state index in [0.29, 0.717) is 6.04 Å². The lowest BCUT2D eigenvalue weighted by Gasteiger charge is -2.34. The smallest absolute Gasteiger partial charge is 0.255 e. The molecule has 120 valence electrons. The molecule has 1 aromatic rings. The predicted octanol–water partition coefficient (Wildman–Crippen LogP) is 1.90. The van der Waals surface area contributed by atoms with E-state index in [1.54, 1.807) is 6.20 Å². The molecule has 0 unspecified atom stereocenters. The van der Waals surface area contributed by atoms with Crippen LogP contribution >= 0.6 is 0 Å². The first-order chi connectivity index (χ1) is 10.7. The lowest BCUT2D eigenvalue weighted by Crippen LogP contribution is -2.46. The summed E-state index contributed by atoms with van der Waals surface area (Å²) < 4.78 is 0. The Hall–Kier alpha value is -1.62. The monoisotopic (exact) mass is 302 g/mol. The first-order valence-corrected chi connectivity index (χ1v) is 8.43. The summed E-state index contributed by atoms with van der Waals surface area (Å²) in [6.45, 7) is 3.88. The Labute approximate surface area is 132 Å². The number of rotatable bonds is 3. The fraction of sp³-hybridized carbons (Fsp3) is 0.647. The van der Waals surface area contributed by atoms with Gasteiger partial charge in [-0.05, 0) is 32.0 Å². The molecule has 5 nitrogen and oxygen atoms in total. The number of anilines is 1. The van der Waals surface area contributed by atoms with Gasteiger partial charge in [-0.3, -0.25) is 4.79 Å². The van der Waals surface area contributed by atoms with Crippen molar-refractivity contribution in [3.63, 3.8) is 0 Å². The second-order valence-corrected chi connectivity index (χ2v) is 6.47. The molecule has 5 heteroatoms. The van der Waals surface area contributed by atoms with Crippen LogP contribution in [-0.4, -0.2) is 55.1 Å². The van der Waals surface area contributed by atoms with Crippen molar-refractivity contribution in [1.29, 1.82) is 0 Å². The third kappa shape index (κ3) is 3.58. The molecule has 0 aromatic carbocycles. The van der Waals surface area contributed by atoms with Crippen LogP contribution in [0.15, 0.2) is 18.3 Å². The van der Waals surface area contributed by atoms with E-state index < -0.39 is 0 Å². The molecular weight excluding hydrogens is 276 g/mol. The molecule has 1 aromatic heterocycles. The molecule has 2 heterocycles. The number of pyridine rings is 1. The van der Waals surface area contributed by atoms with Gasteiger partial charge in [0, 0.05) is 38.4 Å². The average molecular weight is 302 g/mol. The maximum Gasteiger partial charge on any atom is 0.255 e. The van der Waals surface area contributed by atoms with Crippen LogP contribution in [0.3, 0.4) is 0 Å². The second-order valence-electron chi connectivity index (χ2n) is 6.47. The maximum atomic E-state index is 12.7. The highest BCUT2D eigenvalue weighted by molar-refractivity contribution is 5.99. The predicted molar refractivity (Wildman–Crippen MR) is 88.3 cm³/mol. The van der Waals surface area contributed by atoms with E-state index in [4.69, 9.17) is 0 Å². The van der Waals surface area contributed by atoms with Crippen LogP contribution < -0.4 is 10.2 Å². The number of amides is 1. The molecule has 0 radical (unpaired) electrons. The fourth-order valence-electron chi connectivity index (χ4n) is 3.35. The molecule has 1 amide bonds. The number of piperazine rings is 1. The molecule has 1 aliphatic heterocycles. The summed E-state index contributed by atoms with van der Waals surface area (Å²) in [5.41, 5.74) is 0.720. The standard InChI is InChI=1S/C17H26N4O/c1-20-10-12-21(13-11-20)16-15(8-5-9-18-16)17(22)19-14-6-3-2-4-7-14/h5,8-9,14H,2-4,6-7,10-13H2,1H3,(H,19,22). The van der Waals surface area contributed by atoms with Crippen molar-refractivity contribution < 1.29 is 4.79 Å². The highest BCUT2D eigenvalue weighted by Gasteiger charge is 2.23. The summed E-state index contributed by atoms with van der Waals surface area (Å²) in [7, 11) is 2.13. The molecule has 1 saturated carbocycles. The van der Waals surface area contributed by atoms with E-state index in [0.717, 1.165) is 50.4 Å². The molecule has 2 aliphatic rings. The number of hydrogen-bond donors (Lipinski definition) is 1. The summed E-state index contributed by atoms with van der Waals surface area (Å²) >= 11 is 0. The van der Waals surface area contributed by atoms with E-state index in [1.807, 2.05) is 12.1 Å². The number of nitrogens with one attached hydrogen (secondary N) is 1. The molecule has 0 spiro atoms. The van der Waals surface area contributed by atoms with Gasteiger partial charge in [-0.25, -0.2) is 4.98 Å². The molecule has 0 bridgehead atoms. The molecule has 0 atom stereocenters. The number of carbonyl (C=O) groups is 1. The van der Waals surface area contributed by atoms with Gasteiger partial charge in [0.1, 0.15) is 5.82 Å². The lowest BCUT2D eigenvalue weighted by molar-refractivity contribution is 0.0927. The minimum atomic E-state index is 0.0360. The topological polar surface area (TPSA) is 48.5 Å². The van der Waals surface area contributed by atoms with Gasteiger partial charge in [0.05, 0.1) is 5.56 Å². The number of hydrogen-bond acceptors (Lipinski definition) is 4. The first kappa shape index (κ1) is 15.3. The molecule has 22 heavy (non-hydrogen) atoms. The minimum Gasteiger partial charge on any atom is -0.353 e. The Kier molecular flexibility index (Phi) is 4.93. The van der Waals surface area contributed by atoms with Crippen molar-refractivity contribution in [3.05, 3.63) is 23.9 Å². The quantitative estimate of drug-likeness (QED) is 0.926. The van der Waals surface area contributed by atoms with Crippen molar-refractivity contribution >= 4 is 11.7 Å². The Morgan fingerprint density at radius 3 is 2.64 bits per heavy atom. The van der Waals surface area contributed by atoms with Crippen LogP contribution in [0.4, 0.5) is 5.82 Å². The highest BCUT2D eigenvalue weighted by atomic mass is 16.1. The first-order valence-electron chi connectivity index (χ1n) is 8.43. The summed E-state index contributed by atoms with van der Waals surface area (Å²) in [5, 5.41) is 3.21. The van der Waals surface area contributed by atoms with Gasteiger partial charge in [0.15, 0.2) is 0 Å². The average Bonchev–Trinajstić information content (AvgIpc) is 2.56. The summed E-state index contributed by atoms with van der Waals surface area (Å²) in [4.78, 5) is 21.7.